The van der Waals surface area contributed by atoms with Gasteiger partial charge in [-0.1, -0.05) is 0 Å². The zero-order valence-electron chi connectivity index (χ0n) is 7.45. The molecule has 13 heavy (non-hydrogen) atoms. The molecule has 1 aliphatic carbocycles. The molecule has 1 rings (SSSR count). The molecule has 4 nitrogen and oxygen atoms in total. The minimum atomic E-state index is -1.20. The van der Waals surface area contributed by atoms with Crippen LogP contribution in [-0.2, 0) is 14.3 Å². The number of hydrogen-bond acceptors (Lipinski definition) is 4. The van der Waals surface area contributed by atoms with E-state index in [9.17, 15) is 9.59 Å². The van der Waals surface area contributed by atoms with Crippen molar-refractivity contribution in [1.29, 1.82) is 5.26 Å². The Morgan fingerprint density at radius 3 is 2.62 bits per heavy atom. The van der Waals surface area contributed by atoms with Crippen molar-refractivity contribution in [3.8, 4) is 6.07 Å². The third-order valence-electron chi connectivity index (χ3n) is 1.92. The van der Waals surface area contributed by atoms with E-state index in [1.54, 1.807) is 13.0 Å². The molecule has 1 atom stereocenters. The number of hydrogen-bond donors (Lipinski definition) is 0. The number of carbonyl (C=O) groups is 2. The predicted molar refractivity (Wildman–Crippen MR) is 43.5 cm³/mol. The summed E-state index contributed by atoms with van der Waals surface area (Å²) in [6.07, 6.45) is 1.60. The minimum Gasteiger partial charge on any atom is -0.465 e. The van der Waals surface area contributed by atoms with Gasteiger partial charge in [-0.25, -0.2) is 0 Å². The highest BCUT2D eigenvalue weighted by atomic mass is 16.5. The Kier molecular flexibility index (Phi) is 3.02. The fourth-order valence-corrected chi connectivity index (χ4v) is 1.06. The molecular formula is C9H11NO3. The van der Waals surface area contributed by atoms with Crippen LogP contribution in [0.15, 0.2) is 0 Å². The molecular weight excluding hydrogens is 170 g/mol. The van der Waals surface area contributed by atoms with Crippen molar-refractivity contribution >= 4 is 11.8 Å². The van der Waals surface area contributed by atoms with Gasteiger partial charge in [0.25, 0.3) is 0 Å². The molecule has 0 amide bonds. The predicted octanol–water partition coefficient (Wildman–Crippen LogP) is 0.668. The highest BCUT2D eigenvalue weighted by Gasteiger charge is 2.39. The summed E-state index contributed by atoms with van der Waals surface area (Å²) in [5.41, 5.74) is 0. The summed E-state index contributed by atoms with van der Waals surface area (Å²) in [6, 6.07) is 1.68. The number of ether oxygens (including phenoxy) is 1. The second-order valence-electron chi connectivity index (χ2n) is 2.99. The SMILES string of the molecule is CCOC(=O)[C@@H](C#N)C(=O)C1CC1. The molecule has 0 aliphatic heterocycles. The number of carbonyl (C=O) groups excluding carboxylic acids is 2. The van der Waals surface area contributed by atoms with Gasteiger partial charge in [-0.05, 0) is 19.8 Å². The first-order valence-corrected chi connectivity index (χ1v) is 4.30. The Balaban J connectivity index is 2.56. The number of ketones is 1. The molecule has 70 valence electrons. The van der Waals surface area contributed by atoms with Gasteiger partial charge in [0.15, 0.2) is 5.78 Å². The molecule has 0 aromatic heterocycles. The number of esters is 1. The van der Waals surface area contributed by atoms with Crippen LogP contribution in [0.2, 0.25) is 0 Å². The van der Waals surface area contributed by atoms with E-state index in [4.69, 9.17) is 5.26 Å². The van der Waals surface area contributed by atoms with Gasteiger partial charge in [0.05, 0.1) is 12.7 Å². The molecule has 1 aliphatic rings. The quantitative estimate of drug-likeness (QED) is 0.472. The Morgan fingerprint density at radius 2 is 2.23 bits per heavy atom. The molecule has 0 radical (unpaired) electrons. The molecule has 0 bridgehead atoms. The third kappa shape index (κ3) is 2.28. The second kappa shape index (κ2) is 4.04. The van der Waals surface area contributed by atoms with Gasteiger partial charge in [0.1, 0.15) is 0 Å². The Bertz CT molecular complexity index is 263. The van der Waals surface area contributed by atoms with Crippen LogP contribution < -0.4 is 0 Å². The number of Topliss-reactive ketones (excluding diaryl/α,β-unsaturated/α-hetero) is 1. The van der Waals surface area contributed by atoms with Crippen LogP contribution in [0.3, 0.4) is 0 Å². The summed E-state index contributed by atoms with van der Waals surface area (Å²) < 4.78 is 4.61. The average Bonchev–Trinajstić information content (AvgIpc) is 2.88. The lowest BCUT2D eigenvalue weighted by molar-refractivity contribution is -0.149. The van der Waals surface area contributed by atoms with Gasteiger partial charge in [-0.3, -0.25) is 9.59 Å². The first-order chi connectivity index (χ1) is 6.20. The highest BCUT2D eigenvalue weighted by Crippen LogP contribution is 2.32. The number of nitriles is 1. The number of rotatable bonds is 4. The van der Waals surface area contributed by atoms with Gasteiger partial charge in [-0.2, -0.15) is 5.26 Å². The van der Waals surface area contributed by atoms with Crippen LogP contribution in [0.5, 0.6) is 0 Å². The van der Waals surface area contributed by atoms with Crippen molar-refractivity contribution in [2.75, 3.05) is 6.61 Å². The van der Waals surface area contributed by atoms with Crippen LogP contribution in [0.4, 0.5) is 0 Å². The first-order valence-electron chi connectivity index (χ1n) is 4.30. The van der Waals surface area contributed by atoms with E-state index in [2.05, 4.69) is 4.74 Å². The maximum Gasteiger partial charge on any atom is 0.331 e. The van der Waals surface area contributed by atoms with Crippen molar-refractivity contribution < 1.29 is 14.3 Å². The van der Waals surface area contributed by atoms with Crippen LogP contribution in [0.1, 0.15) is 19.8 Å². The van der Waals surface area contributed by atoms with E-state index in [0.29, 0.717) is 0 Å². The van der Waals surface area contributed by atoms with E-state index in [-0.39, 0.29) is 18.3 Å². The topological polar surface area (TPSA) is 67.2 Å². The smallest absolute Gasteiger partial charge is 0.331 e. The van der Waals surface area contributed by atoms with E-state index < -0.39 is 11.9 Å². The molecule has 0 aromatic carbocycles. The maximum atomic E-state index is 11.3. The summed E-state index contributed by atoms with van der Waals surface area (Å²) in [7, 11) is 0. The highest BCUT2D eigenvalue weighted by molar-refractivity contribution is 6.03. The molecule has 1 fully saturated rings. The molecule has 0 saturated heterocycles. The normalized spacial score (nSPS) is 17.2. The zero-order chi connectivity index (χ0) is 9.84. The van der Waals surface area contributed by atoms with Crippen molar-refractivity contribution in [2.45, 2.75) is 19.8 Å². The number of nitrogens with zero attached hydrogens (tertiary/aromatic N) is 1. The largest absolute Gasteiger partial charge is 0.465 e. The molecule has 0 unspecified atom stereocenters. The van der Waals surface area contributed by atoms with Crippen LogP contribution in [0.25, 0.3) is 0 Å². The first kappa shape index (κ1) is 9.72. The van der Waals surface area contributed by atoms with Crippen LogP contribution >= 0.6 is 0 Å². The van der Waals surface area contributed by atoms with Gasteiger partial charge < -0.3 is 4.74 Å². The third-order valence-corrected chi connectivity index (χ3v) is 1.92. The van der Waals surface area contributed by atoms with E-state index in [1.165, 1.54) is 0 Å². The summed E-state index contributed by atoms with van der Waals surface area (Å²) in [4.78, 5) is 22.4. The molecule has 0 N–H and O–H groups in total. The monoisotopic (exact) mass is 181 g/mol. The Labute approximate surface area is 76.5 Å². The van der Waals surface area contributed by atoms with E-state index in [0.717, 1.165) is 12.8 Å². The fraction of sp³-hybridized carbons (Fsp3) is 0.667. The lowest BCUT2D eigenvalue weighted by Gasteiger charge is -2.05. The molecule has 4 heteroatoms. The minimum absolute atomic E-state index is 0.0749. The molecule has 0 spiro atoms. The maximum absolute atomic E-state index is 11.3. The average molecular weight is 181 g/mol. The van der Waals surface area contributed by atoms with Gasteiger partial charge in [-0.15, -0.1) is 0 Å². The van der Waals surface area contributed by atoms with Crippen LogP contribution in [-0.4, -0.2) is 18.4 Å². The van der Waals surface area contributed by atoms with Crippen molar-refractivity contribution in [2.24, 2.45) is 11.8 Å². The van der Waals surface area contributed by atoms with Crippen molar-refractivity contribution in [3.05, 3.63) is 0 Å². The lowest BCUT2D eigenvalue weighted by Crippen LogP contribution is -2.25. The summed E-state index contributed by atoms with van der Waals surface area (Å²) >= 11 is 0. The van der Waals surface area contributed by atoms with Crippen molar-refractivity contribution in [3.63, 3.8) is 0 Å². The Morgan fingerprint density at radius 1 is 1.62 bits per heavy atom. The van der Waals surface area contributed by atoms with E-state index in [1.807, 2.05) is 0 Å². The second-order valence-corrected chi connectivity index (χ2v) is 2.99. The zero-order valence-corrected chi connectivity index (χ0v) is 7.45. The van der Waals surface area contributed by atoms with Gasteiger partial charge in [0.2, 0.25) is 5.92 Å². The summed E-state index contributed by atoms with van der Waals surface area (Å²) in [6.45, 7) is 1.85. The van der Waals surface area contributed by atoms with E-state index >= 15 is 0 Å². The van der Waals surface area contributed by atoms with Crippen molar-refractivity contribution in [1.82, 2.24) is 0 Å². The fourth-order valence-electron chi connectivity index (χ4n) is 1.06. The van der Waals surface area contributed by atoms with Gasteiger partial charge >= 0.3 is 5.97 Å². The summed E-state index contributed by atoms with van der Waals surface area (Å²) in [5, 5.41) is 8.60. The lowest BCUT2D eigenvalue weighted by atomic mass is 10.0. The Hall–Kier alpha value is -1.37. The summed E-state index contributed by atoms with van der Waals surface area (Å²) in [5.74, 6) is -2.26. The standard InChI is InChI=1S/C9H11NO3/c1-2-13-9(12)7(5-10)8(11)6-3-4-6/h6-7H,2-4H2,1H3/t7-/m0/s1. The molecule has 0 heterocycles. The van der Waals surface area contributed by atoms with Gasteiger partial charge in [0, 0.05) is 5.92 Å². The molecule has 0 aromatic rings. The van der Waals surface area contributed by atoms with Crippen LogP contribution in [0, 0.1) is 23.2 Å². The molecule has 1 saturated carbocycles.